The van der Waals surface area contributed by atoms with Crippen molar-refractivity contribution >= 4 is 11.6 Å². The molecule has 0 amide bonds. The zero-order valence-electron chi connectivity index (χ0n) is 14.1. The van der Waals surface area contributed by atoms with Gasteiger partial charge in [0.2, 0.25) is 0 Å². The van der Waals surface area contributed by atoms with Crippen LogP contribution in [0, 0.1) is 0 Å². The minimum atomic E-state index is 0.0339. The molecule has 0 radical (unpaired) electrons. The Hall–Kier alpha value is -3.15. The second-order valence-electron chi connectivity index (χ2n) is 6.17. The Labute approximate surface area is 145 Å². The van der Waals surface area contributed by atoms with Crippen LogP contribution in [0.2, 0.25) is 0 Å². The van der Waals surface area contributed by atoms with Crippen molar-refractivity contribution in [3.63, 3.8) is 0 Å². The maximum atomic E-state index is 5.80. The minimum absolute atomic E-state index is 0.0339. The van der Waals surface area contributed by atoms with Crippen molar-refractivity contribution in [1.29, 1.82) is 0 Å². The molecule has 25 heavy (non-hydrogen) atoms. The zero-order chi connectivity index (χ0) is 17.4. The van der Waals surface area contributed by atoms with Crippen LogP contribution in [0.15, 0.2) is 46.9 Å². The molecule has 0 atom stereocenters. The Kier molecular flexibility index (Phi) is 3.72. The van der Waals surface area contributed by atoms with Gasteiger partial charge >= 0.3 is 6.01 Å². The van der Waals surface area contributed by atoms with Crippen LogP contribution in [0.1, 0.15) is 30.7 Å². The normalized spacial score (nSPS) is 13.0. The average molecular weight is 334 g/mol. The average Bonchev–Trinajstić information content (AvgIpc) is 3.20. The molecule has 0 saturated carbocycles. The van der Waals surface area contributed by atoms with Gasteiger partial charge in [0, 0.05) is 5.57 Å². The smallest absolute Gasteiger partial charge is 0.313 e. The topological polar surface area (TPSA) is 87.1 Å². The summed E-state index contributed by atoms with van der Waals surface area (Å²) in [6, 6.07) is 12.0. The van der Waals surface area contributed by atoms with E-state index in [-0.39, 0.29) is 12.1 Å². The molecule has 0 spiro atoms. The number of hydrogen-bond donors (Lipinski definition) is 1. The first kappa shape index (κ1) is 15.4. The number of nitrogens with two attached hydrogens (primary N) is 1. The molecule has 4 rings (SSSR count). The molecule has 0 bridgehead atoms. The Balaban J connectivity index is 1.71. The van der Waals surface area contributed by atoms with Crippen LogP contribution in [0.3, 0.4) is 0 Å². The quantitative estimate of drug-likeness (QED) is 0.786. The van der Waals surface area contributed by atoms with Crippen molar-refractivity contribution in [1.82, 2.24) is 15.2 Å². The number of allylic oxidation sites excluding steroid dienone is 1. The lowest BCUT2D eigenvalue weighted by Gasteiger charge is -2.12. The van der Waals surface area contributed by atoms with E-state index in [1.165, 1.54) is 5.56 Å². The van der Waals surface area contributed by atoms with Gasteiger partial charge in [0.25, 0.3) is 5.89 Å². The highest BCUT2D eigenvalue weighted by molar-refractivity contribution is 5.83. The van der Waals surface area contributed by atoms with Crippen molar-refractivity contribution < 1.29 is 9.15 Å². The zero-order valence-corrected chi connectivity index (χ0v) is 14.1. The molecule has 0 unspecified atom stereocenters. The Morgan fingerprint density at radius 1 is 1.16 bits per heavy atom. The molecule has 1 aliphatic carbocycles. The van der Waals surface area contributed by atoms with Crippen molar-refractivity contribution in [2.24, 2.45) is 0 Å². The van der Waals surface area contributed by atoms with Crippen LogP contribution in [0.5, 0.6) is 5.75 Å². The number of benzene rings is 1. The molecule has 2 aromatic heterocycles. The number of pyridine rings is 1. The van der Waals surface area contributed by atoms with Crippen molar-refractivity contribution in [3.05, 3.63) is 59.3 Å². The second-order valence-corrected chi connectivity index (χ2v) is 6.17. The van der Waals surface area contributed by atoms with E-state index in [0.717, 1.165) is 29.0 Å². The third-order valence-corrected chi connectivity index (χ3v) is 3.94. The van der Waals surface area contributed by atoms with E-state index in [9.17, 15) is 0 Å². The van der Waals surface area contributed by atoms with E-state index in [0.29, 0.717) is 11.6 Å². The van der Waals surface area contributed by atoms with Gasteiger partial charge in [0.15, 0.2) is 0 Å². The van der Waals surface area contributed by atoms with Gasteiger partial charge in [-0.25, -0.2) is 4.98 Å². The first-order valence-electron chi connectivity index (χ1n) is 8.17. The fraction of sp³-hybridized carbons (Fsp3) is 0.211. The van der Waals surface area contributed by atoms with Crippen molar-refractivity contribution in [2.45, 2.75) is 26.4 Å². The Morgan fingerprint density at radius 2 is 2.04 bits per heavy atom. The molecular formula is C19H18N4O2. The summed E-state index contributed by atoms with van der Waals surface area (Å²) < 4.78 is 11.1. The maximum absolute atomic E-state index is 5.80. The van der Waals surface area contributed by atoms with E-state index in [1.807, 2.05) is 44.2 Å². The molecule has 3 aromatic rings. The van der Waals surface area contributed by atoms with Crippen LogP contribution in [0.4, 0.5) is 6.01 Å². The van der Waals surface area contributed by atoms with Crippen LogP contribution >= 0.6 is 0 Å². The van der Waals surface area contributed by atoms with E-state index in [4.69, 9.17) is 19.9 Å². The van der Waals surface area contributed by atoms with Crippen LogP contribution in [-0.4, -0.2) is 21.3 Å². The SMILES string of the molecule is CC(C)Oc1cccc(C2=CCc3ccc(-c4nnc(N)o4)nc32)c1. The molecule has 0 saturated heterocycles. The standard InChI is InChI=1S/C19H18N4O2/c1-11(2)24-14-5-3-4-13(10-14)15-8-6-12-7-9-16(21-17(12)15)18-22-23-19(20)25-18/h3-5,7-11H,6H2,1-2H3,(H2,20,23). The summed E-state index contributed by atoms with van der Waals surface area (Å²) in [5.41, 5.74) is 10.4. The lowest BCUT2D eigenvalue weighted by Crippen LogP contribution is -2.05. The van der Waals surface area contributed by atoms with Crippen LogP contribution in [0.25, 0.3) is 17.2 Å². The number of hydrogen-bond acceptors (Lipinski definition) is 6. The minimum Gasteiger partial charge on any atom is -0.491 e. The predicted octanol–water partition coefficient (Wildman–Crippen LogP) is 3.49. The predicted molar refractivity (Wildman–Crippen MR) is 94.9 cm³/mol. The summed E-state index contributed by atoms with van der Waals surface area (Å²) in [5.74, 6) is 1.17. The lowest BCUT2D eigenvalue weighted by molar-refractivity contribution is 0.242. The largest absolute Gasteiger partial charge is 0.491 e. The monoisotopic (exact) mass is 334 g/mol. The summed E-state index contributed by atoms with van der Waals surface area (Å²) in [5, 5.41) is 7.61. The molecule has 2 heterocycles. The fourth-order valence-corrected chi connectivity index (χ4v) is 2.92. The molecule has 6 heteroatoms. The number of nitrogens with zero attached hydrogens (tertiary/aromatic N) is 3. The number of anilines is 1. The van der Waals surface area contributed by atoms with E-state index < -0.39 is 0 Å². The highest BCUT2D eigenvalue weighted by Crippen LogP contribution is 2.34. The molecule has 6 nitrogen and oxygen atoms in total. The molecule has 2 N–H and O–H groups in total. The van der Waals surface area contributed by atoms with Crippen LogP contribution in [-0.2, 0) is 6.42 Å². The lowest BCUT2D eigenvalue weighted by atomic mass is 10.0. The molecule has 126 valence electrons. The molecular weight excluding hydrogens is 316 g/mol. The maximum Gasteiger partial charge on any atom is 0.313 e. The van der Waals surface area contributed by atoms with Gasteiger partial charge in [-0.3, -0.25) is 0 Å². The Bertz CT molecular complexity index is 960. The number of fused-ring (bicyclic) bond motifs is 1. The molecule has 1 aromatic carbocycles. The van der Waals surface area contributed by atoms with Crippen molar-refractivity contribution in [2.75, 3.05) is 5.73 Å². The fourth-order valence-electron chi connectivity index (χ4n) is 2.92. The van der Waals surface area contributed by atoms with Gasteiger partial charge in [0.1, 0.15) is 11.4 Å². The highest BCUT2D eigenvalue weighted by atomic mass is 16.5. The third-order valence-electron chi connectivity index (χ3n) is 3.94. The second kappa shape index (κ2) is 6.05. The summed E-state index contributed by atoms with van der Waals surface area (Å²) in [7, 11) is 0. The molecule has 1 aliphatic rings. The molecule has 0 aliphatic heterocycles. The number of rotatable bonds is 4. The van der Waals surface area contributed by atoms with Gasteiger partial charge in [0.05, 0.1) is 11.8 Å². The summed E-state index contributed by atoms with van der Waals surface area (Å²) >= 11 is 0. The summed E-state index contributed by atoms with van der Waals surface area (Å²) in [4.78, 5) is 4.72. The van der Waals surface area contributed by atoms with E-state index in [1.54, 1.807) is 0 Å². The van der Waals surface area contributed by atoms with Gasteiger partial charge in [-0.2, -0.15) is 0 Å². The highest BCUT2D eigenvalue weighted by Gasteiger charge is 2.20. The van der Waals surface area contributed by atoms with E-state index in [2.05, 4.69) is 22.3 Å². The number of nitrogen functional groups attached to an aromatic ring is 1. The van der Waals surface area contributed by atoms with Gasteiger partial charge in [-0.1, -0.05) is 29.4 Å². The Morgan fingerprint density at radius 3 is 2.80 bits per heavy atom. The number of ether oxygens (including phenoxy) is 1. The van der Waals surface area contributed by atoms with Crippen molar-refractivity contribution in [3.8, 4) is 17.3 Å². The summed E-state index contributed by atoms with van der Waals surface area (Å²) in [6.07, 6.45) is 3.16. The van der Waals surface area contributed by atoms with E-state index >= 15 is 0 Å². The first-order chi connectivity index (χ1) is 12.1. The number of aromatic nitrogens is 3. The van der Waals surface area contributed by atoms with Gasteiger partial charge in [-0.15, -0.1) is 5.10 Å². The van der Waals surface area contributed by atoms with Gasteiger partial charge in [-0.05, 0) is 49.6 Å². The third kappa shape index (κ3) is 2.98. The van der Waals surface area contributed by atoms with Gasteiger partial charge < -0.3 is 14.9 Å². The molecule has 0 fully saturated rings. The van der Waals surface area contributed by atoms with Crippen LogP contribution < -0.4 is 10.5 Å². The summed E-state index contributed by atoms with van der Waals surface area (Å²) in [6.45, 7) is 4.03. The first-order valence-corrected chi connectivity index (χ1v) is 8.17.